The van der Waals surface area contributed by atoms with Gasteiger partial charge in [0.15, 0.2) is 0 Å². The number of phenols is 1. The fraction of sp³-hybridized carbons (Fsp3) is 0.222. The van der Waals surface area contributed by atoms with Crippen LogP contribution in [0.25, 0.3) is 0 Å². The fourth-order valence-corrected chi connectivity index (χ4v) is 1.10. The lowest BCUT2D eigenvalue weighted by molar-refractivity contribution is 0.213. The molecule has 0 unspecified atom stereocenters. The summed E-state index contributed by atoms with van der Waals surface area (Å²) >= 11 is 5.71. The SMILES string of the molecule is CO/N=C(\C)c1ccc(O)c(Cl)c1. The topological polar surface area (TPSA) is 41.8 Å². The molecule has 0 saturated heterocycles. The molecule has 0 heterocycles. The summed E-state index contributed by atoms with van der Waals surface area (Å²) in [5.41, 5.74) is 1.54. The first-order chi connectivity index (χ1) is 6.15. The number of hydrogen-bond donors (Lipinski definition) is 1. The van der Waals surface area contributed by atoms with Crippen LogP contribution in [0.15, 0.2) is 23.4 Å². The molecule has 0 saturated carbocycles. The summed E-state index contributed by atoms with van der Waals surface area (Å²) in [5, 5.41) is 13.2. The van der Waals surface area contributed by atoms with Gasteiger partial charge < -0.3 is 9.94 Å². The molecule has 1 rings (SSSR count). The van der Waals surface area contributed by atoms with E-state index >= 15 is 0 Å². The number of nitrogens with zero attached hydrogens (tertiary/aromatic N) is 1. The Labute approximate surface area is 81.6 Å². The van der Waals surface area contributed by atoms with Crippen molar-refractivity contribution in [2.24, 2.45) is 5.16 Å². The second-order valence-corrected chi connectivity index (χ2v) is 2.93. The molecule has 0 spiro atoms. The van der Waals surface area contributed by atoms with Gasteiger partial charge in [-0.15, -0.1) is 0 Å². The lowest BCUT2D eigenvalue weighted by atomic mass is 10.1. The number of halogens is 1. The molecule has 1 N–H and O–H groups in total. The average Bonchev–Trinajstić information content (AvgIpc) is 2.10. The molecular weight excluding hydrogens is 190 g/mol. The van der Waals surface area contributed by atoms with Crippen molar-refractivity contribution < 1.29 is 9.94 Å². The zero-order chi connectivity index (χ0) is 9.84. The number of benzene rings is 1. The summed E-state index contributed by atoms with van der Waals surface area (Å²) in [7, 11) is 1.48. The lowest BCUT2D eigenvalue weighted by Gasteiger charge is -2.01. The minimum atomic E-state index is 0.0654. The molecule has 0 aliphatic rings. The van der Waals surface area contributed by atoms with Crippen LogP contribution in [0.5, 0.6) is 5.75 Å². The Balaban J connectivity index is 3.04. The van der Waals surface area contributed by atoms with Crippen LogP contribution in [0.4, 0.5) is 0 Å². The van der Waals surface area contributed by atoms with Crippen LogP contribution in [-0.4, -0.2) is 17.9 Å². The molecule has 13 heavy (non-hydrogen) atoms. The average molecular weight is 200 g/mol. The molecule has 1 aromatic rings. The first-order valence-corrected chi connectivity index (χ1v) is 4.09. The van der Waals surface area contributed by atoms with Crippen LogP contribution < -0.4 is 0 Å². The first-order valence-electron chi connectivity index (χ1n) is 3.72. The molecule has 0 fully saturated rings. The molecule has 0 atom stereocenters. The maximum absolute atomic E-state index is 9.15. The number of phenolic OH excluding ortho intramolecular Hbond substituents is 1. The van der Waals surface area contributed by atoms with E-state index in [0.29, 0.717) is 10.7 Å². The Bertz CT molecular complexity index is 336. The van der Waals surface area contributed by atoms with Gasteiger partial charge in [-0.1, -0.05) is 16.8 Å². The van der Waals surface area contributed by atoms with Gasteiger partial charge in [0.2, 0.25) is 0 Å². The number of oxime groups is 1. The second kappa shape index (κ2) is 4.14. The van der Waals surface area contributed by atoms with Gasteiger partial charge in [-0.3, -0.25) is 0 Å². The van der Waals surface area contributed by atoms with Crippen molar-refractivity contribution >= 4 is 17.3 Å². The van der Waals surface area contributed by atoms with E-state index in [0.717, 1.165) is 5.56 Å². The van der Waals surface area contributed by atoms with Gasteiger partial charge >= 0.3 is 0 Å². The van der Waals surface area contributed by atoms with Gasteiger partial charge in [0.25, 0.3) is 0 Å². The third-order valence-corrected chi connectivity index (χ3v) is 1.90. The summed E-state index contributed by atoms with van der Waals surface area (Å²) in [6.07, 6.45) is 0. The van der Waals surface area contributed by atoms with Crippen molar-refractivity contribution in [1.29, 1.82) is 0 Å². The predicted molar refractivity (Wildman–Crippen MR) is 52.3 cm³/mol. The van der Waals surface area contributed by atoms with Gasteiger partial charge in [0.05, 0.1) is 10.7 Å². The maximum atomic E-state index is 9.15. The Morgan fingerprint density at radius 1 is 1.54 bits per heavy atom. The largest absolute Gasteiger partial charge is 0.506 e. The van der Waals surface area contributed by atoms with E-state index < -0.39 is 0 Å². The highest BCUT2D eigenvalue weighted by atomic mass is 35.5. The molecule has 0 aliphatic heterocycles. The van der Waals surface area contributed by atoms with Crippen molar-refractivity contribution in [2.75, 3.05) is 7.11 Å². The highest BCUT2D eigenvalue weighted by Gasteiger charge is 2.02. The minimum Gasteiger partial charge on any atom is -0.506 e. The van der Waals surface area contributed by atoms with Crippen LogP contribution in [0.3, 0.4) is 0 Å². The predicted octanol–water partition coefficient (Wildman–Crippen LogP) is 2.42. The van der Waals surface area contributed by atoms with Crippen molar-refractivity contribution in [2.45, 2.75) is 6.92 Å². The summed E-state index contributed by atoms with van der Waals surface area (Å²) in [6.45, 7) is 1.80. The smallest absolute Gasteiger partial charge is 0.134 e. The van der Waals surface area contributed by atoms with Gasteiger partial charge in [0.1, 0.15) is 12.9 Å². The van der Waals surface area contributed by atoms with E-state index in [1.54, 1.807) is 19.1 Å². The monoisotopic (exact) mass is 199 g/mol. The van der Waals surface area contributed by atoms with Gasteiger partial charge in [-0.25, -0.2) is 0 Å². The van der Waals surface area contributed by atoms with Crippen molar-refractivity contribution in [1.82, 2.24) is 0 Å². The Hall–Kier alpha value is -1.22. The van der Waals surface area contributed by atoms with Crippen LogP contribution in [-0.2, 0) is 4.84 Å². The maximum Gasteiger partial charge on any atom is 0.134 e. The summed E-state index contributed by atoms with van der Waals surface area (Å²) in [6, 6.07) is 4.88. The molecule has 0 aromatic heterocycles. The van der Waals surface area contributed by atoms with E-state index in [1.165, 1.54) is 13.2 Å². The zero-order valence-corrected chi connectivity index (χ0v) is 8.17. The Kier molecular flexibility index (Phi) is 3.14. The van der Waals surface area contributed by atoms with Crippen LogP contribution in [0.2, 0.25) is 5.02 Å². The Morgan fingerprint density at radius 2 is 2.23 bits per heavy atom. The molecule has 0 bridgehead atoms. The van der Waals surface area contributed by atoms with E-state index in [9.17, 15) is 0 Å². The summed E-state index contributed by atoms with van der Waals surface area (Å²) in [5.74, 6) is 0.0654. The molecule has 1 aromatic carbocycles. The number of rotatable bonds is 2. The first kappa shape index (κ1) is 9.86. The lowest BCUT2D eigenvalue weighted by Crippen LogP contribution is -1.94. The molecule has 4 heteroatoms. The number of aromatic hydroxyl groups is 1. The third kappa shape index (κ3) is 2.36. The summed E-state index contributed by atoms with van der Waals surface area (Å²) in [4.78, 5) is 4.61. The molecule has 3 nitrogen and oxygen atoms in total. The molecule has 0 aliphatic carbocycles. The van der Waals surface area contributed by atoms with Gasteiger partial charge in [0, 0.05) is 5.56 Å². The van der Waals surface area contributed by atoms with E-state index in [1.807, 2.05) is 0 Å². The highest BCUT2D eigenvalue weighted by Crippen LogP contribution is 2.23. The van der Waals surface area contributed by atoms with Gasteiger partial charge in [-0.05, 0) is 25.1 Å². The zero-order valence-electron chi connectivity index (χ0n) is 7.41. The quantitative estimate of drug-likeness (QED) is 0.587. The van der Waals surface area contributed by atoms with E-state index in [4.69, 9.17) is 16.7 Å². The van der Waals surface area contributed by atoms with Crippen molar-refractivity contribution in [3.63, 3.8) is 0 Å². The summed E-state index contributed by atoms with van der Waals surface area (Å²) < 4.78 is 0. The van der Waals surface area contributed by atoms with Crippen LogP contribution in [0, 0.1) is 0 Å². The van der Waals surface area contributed by atoms with Crippen LogP contribution >= 0.6 is 11.6 Å². The van der Waals surface area contributed by atoms with Crippen molar-refractivity contribution in [3.05, 3.63) is 28.8 Å². The Morgan fingerprint density at radius 3 is 2.77 bits per heavy atom. The molecule has 0 radical (unpaired) electrons. The van der Waals surface area contributed by atoms with E-state index in [-0.39, 0.29) is 5.75 Å². The van der Waals surface area contributed by atoms with Crippen LogP contribution in [0.1, 0.15) is 12.5 Å². The number of hydrogen-bond acceptors (Lipinski definition) is 3. The molecule has 0 amide bonds. The standard InChI is InChI=1S/C9H10ClNO2/c1-6(11-13-2)7-3-4-9(12)8(10)5-7/h3-5,12H,1-2H3/b11-6+. The van der Waals surface area contributed by atoms with E-state index in [2.05, 4.69) is 9.99 Å². The fourth-order valence-electron chi connectivity index (χ4n) is 0.922. The van der Waals surface area contributed by atoms with Crippen molar-refractivity contribution in [3.8, 4) is 5.75 Å². The second-order valence-electron chi connectivity index (χ2n) is 2.53. The molecule has 70 valence electrons. The minimum absolute atomic E-state index is 0.0654. The highest BCUT2D eigenvalue weighted by molar-refractivity contribution is 6.32. The van der Waals surface area contributed by atoms with Gasteiger partial charge in [-0.2, -0.15) is 0 Å². The third-order valence-electron chi connectivity index (χ3n) is 1.59. The molecular formula is C9H10ClNO2. The normalized spacial score (nSPS) is 11.5.